The average Bonchev–Trinajstić information content (AvgIpc) is 3.58. The molecular formula is C32H26ClF2N5O. The van der Waals surface area contributed by atoms with Crippen molar-refractivity contribution in [3.63, 3.8) is 0 Å². The summed E-state index contributed by atoms with van der Waals surface area (Å²) in [7, 11) is 0. The predicted octanol–water partition coefficient (Wildman–Crippen LogP) is 7.46. The molecule has 3 aromatic heterocycles. The van der Waals surface area contributed by atoms with E-state index in [1.54, 1.807) is 36.4 Å². The molecular weight excluding hydrogens is 544 g/mol. The monoisotopic (exact) mass is 569 g/mol. The van der Waals surface area contributed by atoms with Crippen molar-refractivity contribution < 1.29 is 13.5 Å². The maximum absolute atomic E-state index is 15.5. The third kappa shape index (κ3) is 5.69. The molecule has 0 fully saturated rings. The largest absolute Gasteiger partial charge is 0.473 e. The van der Waals surface area contributed by atoms with Gasteiger partial charge >= 0.3 is 0 Å². The van der Waals surface area contributed by atoms with E-state index in [1.165, 1.54) is 12.1 Å². The van der Waals surface area contributed by atoms with E-state index >= 15 is 4.39 Å². The summed E-state index contributed by atoms with van der Waals surface area (Å²) in [4.78, 5) is 13.6. The number of pyridine rings is 1. The number of imidazole rings is 2. The molecule has 0 saturated heterocycles. The van der Waals surface area contributed by atoms with Crippen LogP contribution in [0.4, 0.5) is 8.78 Å². The highest BCUT2D eigenvalue weighted by atomic mass is 35.5. The van der Waals surface area contributed by atoms with Crippen molar-refractivity contribution in [3.05, 3.63) is 131 Å². The summed E-state index contributed by atoms with van der Waals surface area (Å²) in [6.45, 7) is 3.46. The van der Waals surface area contributed by atoms with Crippen LogP contribution in [0.25, 0.3) is 22.3 Å². The number of rotatable bonds is 9. The van der Waals surface area contributed by atoms with Gasteiger partial charge in [0.05, 0.1) is 35.3 Å². The van der Waals surface area contributed by atoms with Crippen LogP contribution in [0.5, 0.6) is 5.88 Å². The van der Waals surface area contributed by atoms with Gasteiger partial charge in [-0.3, -0.25) is 0 Å². The lowest BCUT2D eigenvalue weighted by Gasteiger charge is -2.12. The Labute approximate surface area is 240 Å². The second kappa shape index (κ2) is 11.5. The van der Waals surface area contributed by atoms with Crippen molar-refractivity contribution in [2.75, 3.05) is 0 Å². The maximum Gasteiger partial charge on any atom is 0.214 e. The average molecular weight is 570 g/mol. The Balaban J connectivity index is 1.24. The quantitative estimate of drug-likeness (QED) is 0.181. The fourth-order valence-corrected chi connectivity index (χ4v) is 4.99. The van der Waals surface area contributed by atoms with Gasteiger partial charge in [-0.2, -0.15) is 0 Å². The van der Waals surface area contributed by atoms with E-state index in [1.807, 2.05) is 42.9 Å². The lowest BCUT2D eigenvalue weighted by atomic mass is 10.1. The van der Waals surface area contributed by atoms with Gasteiger partial charge in [0.15, 0.2) is 0 Å². The number of para-hydroxylation sites is 2. The molecule has 0 amide bonds. The van der Waals surface area contributed by atoms with Gasteiger partial charge in [0.25, 0.3) is 0 Å². The number of hydrogen-bond donors (Lipinski definition) is 0. The number of fused-ring (bicyclic) bond motifs is 1. The molecule has 6 aromatic rings. The Morgan fingerprint density at radius 1 is 0.878 bits per heavy atom. The SMILES string of the molecule is CCn1cncc1Cn1c(Cc2ccc(-c3cccc(OCc4ccc(Cl)cc4F)n3)cc2F)nc2ccccc21. The minimum atomic E-state index is -0.448. The van der Waals surface area contributed by atoms with Gasteiger partial charge in [0, 0.05) is 41.4 Å². The summed E-state index contributed by atoms with van der Waals surface area (Å²) >= 11 is 5.83. The van der Waals surface area contributed by atoms with E-state index in [2.05, 4.69) is 26.0 Å². The fraction of sp³-hybridized carbons (Fsp3) is 0.156. The van der Waals surface area contributed by atoms with Gasteiger partial charge in [0.2, 0.25) is 5.88 Å². The molecule has 0 aliphatic heterocycles. The van der Waals surface area contributed by atoms with Crippen LogP contribution in [-0.2, 0) is 26.1 Å². The summed E-state index contributed by atoms with van der Waals surface area (Å²) < 4.78 is 39.5. The Morgan fingerprint density at radius 2 is 1.71 bits per heavy atom. The Bertz CT molecular complexity index is 1850. The number of halogens is 3. The second-order valence-corrected chi connectivity index (χ2v) is 10.1. The predicted molar refractivity (Wildman–Crippen MR) is 155 cm³/mol. The fourth-order valence-electron chi connectivity index (χ4n) is 4.83. The van der Waals surface area contributed by atoms with Crippen molar-refractivity contribution in [1.29, 1.82) is 0 Å². The van der Waals surface area contributed by atoms with E-state index in [4.69, 9.17) is 21.3 Å². The van der Waals surface area contributed by atoms with Crippen LogP contribution in [0, 0.1) is 11.6 Å². The molecule has 0 radical (unpaired) electrons. The van der Waals surface area contributed by atoms with Crippen LogP contribution >= 0.6 is 11.6 Å². The molecule has 0 spiro atoms. The third-order valence-electron chi connectivity index (χ3n) is 7.00. The molecule has 206 valence electrons. The highest BCUT2D eigenvalue weighted by Crippen LogP contribution is 2.26. The molecule has 0 bridgehead atoms. The number of aryl methyl sites for hydroxylation is 1. The zero-order valence-electron chi connectivity index (χ0n) is 22.3. The lowest BCUT2D eigenvalue weighted by Crippen LogP contribution is -2.10. The number of nitrogens with zero attached hydrogens (tertiary/aromatic N) is 5. The van der Waals surface area contributed by atoms with Crippen molar-refractivity contribution in [2.45, 2.75) is 33.0 Å². The molecule has 3 heterocycles. The highest BCUT2D eigenvalue weighted by Gasteiger charge is 2.16. The zero-order chi connectivity index (χ0) is 28.3. The first-order valence-corrected chi connectivity index (χ1v) is 13.6. The first-order valence-electron chi connectivity index (χ1n) is 13.2. The normalized spacial score (nSPS) is 11.3. The molecule has 6 nitrogen and oxygen atoms in total. The van der Waals surface area contributed by atoms with E-state index < -0.39 is 5.82 Å². The Kier molecular flexibility index (Phi) is 7.48. The van der Waals surface area contributed by atoms with Gasteiger partial charge in [0.1, 0.15) is 24.1 Å². The van der Waals surface area contributed by atoms with Crippen molar-refractivity contribution in [1.82, 2.24) is 24.1 Å². The van der Waals surface area contributed by atoms with Crippen LogP contribution in [0.3, 0.4) is 0 Å². The molecule has 9 heteroatoms. The molecule has 41 heavy (non-hydrogen) atoms. The van der Waals surface area contributed by atoms with Crippen LogP contribution in [0.15, 0.2) is 91.4 Å². The van der Waals surface area contributed by atoms with Crippen molar-refractivity contribution in [2.24, 2.45) is 0 Å². The first kappa shape index (κ1) is 26.7. The van der Waals surface area contributed by atoms with Crippen molar-refractivity contribution in [3.8, 4) is 17.1 Å². The summed E-state index contributed by atoms with van der Waals surface area (Å²) in [5.41, 5.74) is 4.95. The first-order chi connectivity index (χ1) is 20.0. The van der Waals surface area contributed by atoms with E-state index in [0.717, 1.165) is 29.1 Å². The topological polar surface area (TPSA) is 57.8 Å². The number of aromatic nitrogens is 5. The zero-order valence-corrected chi connectivity index (χ0v) is 23.0. The van der Waals surface area contributed by atoms with Crippen LogP contribution < -0.4 is 4.74 Å². The molecule has 0 atom stereocenters. The minimum absolute atomic E-state index is 0.00714. The number of benzene rings is 3. The number of hydrogen-bond acceptors (Lipinski definition) is 4. The van der Waals surface area contributed by atoms with Gasteiger partial charge in [-0.05, 0) is 48.9 Å². The maximum atomic E-state index is 15.5. The molecule has 0 unspecified atom stereocenters. The molecule has 0 aliphatic rings. The minimum Gasteiger partial charge on any atom is -0.473 e. The molecule has 6 rings (SSSR count). The lowest BCUT2D eigenvalue weighted by molar-refractivity contribution is 0.288. The molecule has 0 N–H and O–H groups in total. The van der Waals surface area contributed by atoms with Crippen LogP contribution in [0.2, 0.25) is 5.02 Å². The van der Waals surface area contributed by atoms with E-state index in [0.29, 0.717) is 46.3 Å². The highest BCUT2D eigenvalue weighted by molar-refractivity contribution is 6.30. The summed E-state index contributed by atoms with van der Waals surface area (Å²) in [5.74, 6) is 0.276. The van der Waals surface area contributed by atoms with Gasteiger partial charge < -0.3 is 13.9 Å². The standard InChI is InChI=1S/C32H26ClF2N5O/c1-2-39-20-36-17-25(39)18-40-30-8-4-3-6-29(30)37-31(40)15-21-10-11-22(14-26(21)34)28-7-5-9-32(38-28)41-19-23-12-13-24(33)16-27(23)35/h3-14,16-17,20H,2,15,18-19H2,1H3. The Morgan fingerprint density at radius 3 is 2.54 bits per heavy atom. The van der Waals surface area contributed by atoms with Gasteiger partial charge in [-0.15, -0.1) is 0 Å². The van der Waals surface area contributed by atoms with Crippen LogP contribution in [-0.4, -0.2) is 24.1 Å². The second-order valence-electron chi connectivity index (χ2n) is 9.64. The summed E-state index contributed by atoms with van der Waals surface area (Å²) in [6, 6.07) is 22.6. The molecule has 0 saturated carbocycles. The molecule has 0 aliphatic carbocycles. The van der Waals surface area contributed by atoms with Gasteiger partial charge in [-0.1, -0.05) is 48.0 Å². The van der Waals surface area contributed by atoms with Gasteiger partial charge in [-0.25, -0.2) is 23.7 Å². The third-order valence-corrected chi connectivity index (χ3v) is 7.24. The van der Waals surface area contributed by atoms with Crippen LogP contribution in [0.1, 0.15) is 29.6 Å². The Hall–Kier alpha value is -4.56. The summed E-state index contributed by atoms with van der Waals surface area (Å²) in [6.07, 6.45) is 4.00. The number of ether oxygens (including phenoxy) is 1. The summed E-state index contributed by atoms with van der Waals surface area (Å²) in [5, 5.41) is 0.318. The molecule has 3 aromatic carbocycles. The van der Waals surface area contributed by atoms with E-state index in [-0.39, 0.29) is 12.4 Å². The smallest absolute Gasteiger partial charge is 0.214 e. The van der Waals surface area contributed by atoms with Crippen molar-refractivity contribution >= 4 is 22.6 Å². The van der Waals surface area contributed by atoms with E-state index in [9.17, 15) is 4.39 Å².